The lowest BCUT2D eigenvalue weighted by Gasteiger charge is -2.30. The van der Waals surface area contributed by atoms with Crippen molar-refractivity contribution in [2.24, 2.45) is 0 Å². The summed E-state index contributed by atoms with van der Waals surface area (Å²) in [6, 6.07) is 16.7. The second-order valence-corrected chi connectivity index (χ2v) is 9.94. The van der Waals surface area contributed by atoms with Crippen LogP contribution in [0, 0.1) is 0 Å². The fourth-order valence-electron chi connectivity index (χ4n) is 4.17. The Morgan fingerprint density at radius 3 is 2.13 bits per heavy atom. The smallest absolute Gasteiger partial charge is 0.326 e. The maximum absolute atomic E-state index is 13.1. The molecule has 3 atom stereocenters. The van der Waals surface area contributed by atoms with E-state index >= 15 is 0 Å². The Morgan fingerprint density at radius 2 is 1.55 bits per heavy atom. The molecular formula is C28H33NO8S. The average molecular weight is 544 g/mol. The number of hydrogen-bond donors (Lipinski definition) is 2. The number of para-hydroxylation sites is 2. The van der Waals surface area contributed by atoms with Gasteiger partial charge in [-0.15, -0.1) is 0 Å². The maximum atomic E-state index is 13.1. The third-order valence-electron chi connectivity index (χ3n) is 6.04. The quantitative estimate of drug-likeness (QED) is 0.304. The van der Waals surface area contributed by atoms with Crippen molar-refractivity contribution in [3.8, 4) is 23.0 Å². The van der Waals surface area contributed by atoms with Crippen LogP contribution in [-0.4, -0.2) is 61.0 Å². The fourth-order valence-corrected chi connectivity index (χ4v) is 5.36. The van der Waals surface area contributed by atoms with Crippen molar-refractivity contribution >= 4 is 28.5 Å². The lowest BCUT2D eigenvalue weighted by Crippen LogP contribution is -2.35. The number of hydrogen-bond acceptors (Lipinski definition) is 8. The number of aliphatic hydroxyl groups is 1. The zero-order chi connectivity index (χ0) is 27.8. The van der Waals surface area contributed by atoms with E-state index in [2.05, 4.69) is 0 Å². The van der Waals surface area contributed by atoms with Crippen molar-refractivity contribution in [1.82, 2.24) is 0 Å². The highest BCUT2D eigenvalue weighted by atomic mass is 32.2. The Balaban J connectivity index is 1.86. The molecule has 0 radical (unpaired) electrons. The number of carboxylic acid groups (broad SMARTS) is 1. The normalized spacial score (nSPS) is 13.2. The standard InChI is InChI=1S/C28H33NO8S/c1-18(28(31)32)29(22-11-6-7-12-24(22)35-3)20-10-8-9-19(13-20)16-38(33)17-23(30)27-25(36-4)14-21(34-2)15-26(27)37-5/h6-15,18,23,30H,16-17H2,1-5H3,(H,31,32). The van der Waals surface area contributed by atoms with Crippen molar-refractivity contribution in [1.29, 1.82) is 0 Å². The van der Waals surface area contributed by atoms with Crippen LogP contribution in [0.3, 0.4) is 0 Å². The molecule has 0 heterocycles. The van der Waals surface area contributed by atoms with Gasteiger partial charge in [0.15, 0.2) is 0 Å². The first-order chi connectivity index (χ1) is 18.2. The monoisotopic (exact) mass is 543 g/mol. The molecule has 0 bridgehead atoms. The van der Waals surface area contributed by atoms with E-state index in [9.17, 15) is 19.6 Å². The number of nitrogens with zero attached hydrogens (tertiary/aromatic N) is 1. The Hall–Kier alpha value is -3.60. The van der Waals surface area contributed by atoms with E-state index in [4.69, 9.17) is 18.9 Å². The molecular weight excluding hydrogens is 510 g/mol. The van der Waals surface area contributed by atoms with Crippen LogP contribution in [-0.2, 0) is 21.7 Å². The van der Waals surface area contributed by atoms with Gasteiger partial charge < -0.3 is 38.6 Å². The number of carboxylic acids is 1. The number of ether oxygens (including phenoxy) is 4. The highest BCUT2D eigenvalue weighted by molar-refractivity contribution is 7.90. The lowest BCUT2D eigenvalue weighted by molar-refractivity contribution is -0.138. The van der Waals surface area contributed by atoms with Gasteiger partial charge in [0.2, 0.25) is 0 Å². The number of aliphatic hydroxyl groups excluding tert-OH is 1. The molecule has 2 N–H and O–H groups in total. The summed E-state index contributed by atoms with van der Waals surface area (Å²) in [5.41, 5.74) is 2.31. The van der Waals surface area contributed by atoms with Crippen molar-refractivity contribution in [2.75, 3.05) is 39.1 Å². The first kappa shape index (κ1) is 29.0. The predicted octanol–water partition coefficient (Wildman–Crippen LogP) is 4.31. The minimum atomic E-state index is -1.47. The number of carbonyl (C=O) groups is 1. The summed E-state index contributed by atoms with van der Waals surface area (Å²) in [6.07, 6.45) is -1.12. The van der Waals surface area contributed by atoms with E-state index in [0.717, 1.165) is 5.56 Å². The van der Waals surface area contributed by atoms with E-state index in [-0.39, 0.29) is 11.5 Å². The van der Waals surface area contributed by atoms with Crippen LogP contribution in [0.4, 0.5) is 11.4 Å². The van der Waals surface area contributed by atoms with E-state index in [0.29, 0.717) is 39.9 Å². The molecule has 0 aliphatic carbocycles. The van der Waals surface area contributed by atoms with Crippen LogP contribution in [0.5, 0.6) is 23.0 Å². The Bertz CT molecular complexity index is 1210. The van der Waals surface area contributed by atoms with Gasteiger partial charge in [0.25, 0.3) is 0 Å². The van der Waals surface area contributed by atoms with Crippen molar-refractivity contribution < 1.29 is 38.5 Å². The van der Waals surface area contributed by atoms with Gasteiger partial charge in [-0.3, -0.25) is 0 Å². The molecule has 3 aromatic carbocycles. The first-order valence-electron chi connectivity index (χ1n) is 11.8. The van der Waals surface area contributed by atoms with Gasteiger partial charge in [0.1, 0.15) is 46.6 Å². The molecule has 0 saturated heterocycles. The van der Waals surface area contributed by atoms with E-state index in [1.807, 2.05) is 12.1 Å². The highest BCUT2D eigenvalue weighted by Gasteiger charge is 2.27. The van der Waals surface area contributed by atoms with Crippen LogP contribution in [0.1, 0.15) is 24.2 Å². The largest absolute Gasteiger partial charge is 0.616 e. The van der Waals surface area contributed by atoms with E-state index < -0.39 is 29.3 Å². The maximum Gasteiger partial charge on any atom is 0.326 e. The van der Waals surface area contributed by atoms with Crippen molar-refractivity contribution in [3.05, 3.63) is 71.8 Å². The van der Waals surface area contributed by atoms with Gasteiger partial charge in [-0.25, -0.2) is 4.79 Å². The molecule has 0 aromatic heterocycles. The summed E-state index contributed by atoms with van der Waals surface area (Å²) in [4.78, 5) is 13.6. The van der Waals surface area contributed by atoms with Gasteiger partial charge in [0.05, 0.1) is 39.7 Å². The molecule has 0 aliphatic rings. The zero-order valence-corrected chi connectivity index (χ0v) is 22.9. The lowest BCUT2D eigenvalue weighted by atomic mass is 10.1. The highest BCUT2D eigenvalue weighted by Crippen LogP contribution is 2.39. The summed E-state index contributed by atoms with van der Waals surface area (Å²) < 4.78 is 34.7. The summed E-state index contributed by atoms with van der Waals surface area (Å²) in [7, 11) is 5.98. The number of aliphatic carboxylic acids is 1. The fraction of sp³-hybridized carbons (Fsp3) is 0.321. The minimum Gasteiger partial charge on any atom is -0.616 e. The molecule has 38 heavy (non-hydrogen) atoms. The van der Waals surface area contributed by atoms with Gasteiger partial charge in [-0.05, 0) is 42.4 Å². The molecule has 0 saturated carbocycles. The summed E-state index contributed by atoms with van der Waals surface area (Å²) in [5.74, 6) is 0.835. The second-order valence-electron chi connectivity index (χ2n) is 8.44. The number of anilines is 2. The Morgan fingerprint density at radius 1 is 0.921 bits per heavy atom. The zero-order valence-electron chi connectivity index (χ0n) is 22.0. The molecule has 0 spiro atoms. The van der Waals surface area contributed by atoms with Crippen LogP contribution < -0.4 is 23.8 Å². The molecule has 0 aliphatic heterocycles. The molecule has 10 heteroatoms. The first-order valence-corrected chi connectivity index (χ1v) is 13.3. The predicted molar refractivity (Wildman–Crippen MR) is 146 cm³/mol. The average Bonchev–Trinajstić information content (AvgIpc) is 2.92. The third kappa shape index (κ3) is 6.63. The van der Waals surface area contributed by atoms with Crippen LogP contribution in [0.25, 0.3) is 0 Å². The van der Waals surface area contributed by atoms with Crippen molar-refractivity contribution in [2.45, 2.75) is 24.8 Å². The SMILES string of the molecule is COc1cc(OC)c(C(O)C[S+]([O-])Cc2cccc(N(c3ccccc3OC)C(C)C(=O)O)c2)c(OC)c1. The molecule has 3 rings (SSSR count). The Kier molecular flexibility index (Phi) is 10.1. The van der Waals surface area contributed by atoms with Crippen LogP contribution in [0.2, 0.25) is 0 Å². The summed E-state index contributed by atoms with van der Waals surface area (Å²) in [5, 5.41) is 20.8. The number of rotatable bonds is 13. The molecule has 9 nitrogen and oxygen atoms in total. The topological polar surface area (TPSA) is 121 Å². The molecule has 204 valence electrons. The van der Waals surface area contributed by atoms with Gasteiger partial charge in [0, 0.05) is 23.4 Å². The minimum absolute atomic E-state index is 0.0645. The number of benzene rings is 3. The molecule has 3 unspecified atom stereocenters. The van der Waals surface area contributed by atoms with E-state index in [1.165, 1.54) is 28.4 Å². The van der Waals surface area contributed by atoms with Crippen LogP contribution in [0.15, 0.2) is 60.7 Å². The van der Waals surface area contributed by atoms with Crippen LogP contribution >= 0.6 is 0 Å². The van der Waals surface area contributed by atoms with E-state index in [1.54, 1.807) is 60.4 Å². The molecule has 3 aromatic rings. The molecule has 0 amide bonds. The molecule has 0 fully saturated rings. The Labute approximate surface area is 225 Å². The summed E-state index contributed by atoms with van der Waals surface area (Å²) in [6.45, 7) is 1.59. The van der Waals surface area contributed by atoms with Gasteiger partial charge >= 0.3 is 5.97 Å². The van der Waals surface area contributed by atoms with Gasteiger partial charge in [-0.1, -0.05) is 24.3 Å². The number of methoxy groups -OCH3 is 4. The van der Waals surface area contributed by atoms with Crippen molar-refractivity contribution in [3.63, 3.8) is 0 Å². The summed E-state index contributed by atoms with van der Waals surface area (Å²) >= 11 is -1.47. The van der Waals surface area contributed by atoms with Gasteiger partial charge in [-0.2, -0.15) is 0 Å². The third-order valence-corrected chi connectivity index (χ3v) is 7.38. The second kappa shape index (κ2) is 13.3.